The third-order valence-corrected chi connectivity index (χ3v) is 4.86. The molecule has 0 unspecified atom stereocenters. The zero-order chi connectivity index (χ0) is 17.8. The van der Waals surface area contributed by atoms with Crippen LogP contribution in [-0.2, 0) is 6.54 Å². The molecular weight excluding hydrogens is 376 g/mol. The van der Waals surface area contributed by atoms with Gasteiger partial charge in [0.15, 0.2) is 0 Å². The molecule has 0 saturated carbocycles. The van der Waals surface area contributed by atoms with Gasteiger partial charge in [0.05, 0.1) is 0 Å². The van der Waals surface area contributed by atoms with Gasteiger partial charge in [-0.05, 0) is 49.6 Å². The van der Waals surface area contributed by atoms with Crippen LogP contribution >= 0.6 is 15.9 Å². The summed E-state index contributed by atoms with van der Waals surface area (Å²) in [7, 11) is 0. The second-order valence-electron chi connectivity index (χ2n) is 6.09. The monoisotopic (exact) mass is 396 g/mol. The van der Waals surface area contributed by atoms with Crippen molar-refractivity contribution in [3.05, 3.63) is 75.4 Å². The Balaban J connectivity index is 1.76. The van der Waals surface area contributed by atoms with Crippen LogP contribution in [0.4, 0.5) is 17.5 Å². The summed E-state index contributed by atoms with van der Waals surface area (Å²) in [5.41, 5.74) is 5.58. The van der Waals surface area contributed by atoms with Crippen LogP contribution in [-0.4, -0.2) is 9.97 Å². The highest BCUT2D eigenvalue weighted by Gasteiger charge is 2.05. The van der Waals surface area contributed by atoms with Gasteiger partial charge in [-0.15, -0.1) is 0 Å². The van der Waals surface area contributed by atoms with Gasteiger partial charge in [-0.1, -0.05) is 46.3 Å². The average Bonchev–Trinajstić information content (AvgIpc) is 2.57. The molecule has 25 heavy (non-hydrogen) atoms. The number of nitrogens with zero attached hydrogens (tertiary/aromatic N) is 2. The van der Waals surface area contributed by atoms with Crippen molar-refractivity contribution in [3.63, 3.8) is 0 Å². The Labute approximate surface area is 156 Å². The van der Waals surface area contributed by atoms with Gasteiger partial charge in [0.2, 0.25) is 5.95 Å². The highest BCUT2D eigenvalue weighted by atomic mass is 79.9. The second kappa shape index (κ2) is 7.66. The predicted molar refractivity (Wildman–Crippen MR) is 107 cm³/mol. The van der Waals surface area contributed by atoms with Gasteiger partial charge in [-0.2, -0.15) is 4.98 Å². The summed E-state index contributed by atoms with van der Waals surface area (Å²) in [5, 5.41) is 6.66. The first-order valence-electron chi connectivity index (χ1n) is 8.18. The molecule has 0 radical (unpaired) electrons. The summed E-state index contributed by atoms with van der Waals surface area (Å²) < 4.78 is 1.06. The van der Waals surface area contributed by atoms with Crippen molar-refractivity contribution in [1.29, 1.82) is 0 Å². The first-order valence-corrected chi connectivity index (χ1v) is 8.98. The van der Waals surface area contributed by atoms with Crippen molar-refractivity contribution in [3.8, 4) is 0 Å². The highest BCUT2D eigenvalue weighted by Crippen LogP contribution is 2.23. The van der Waals surface area contributed by atoms with E-state index in [0.29, 0.717) is 5.95 Å². The number of nitrogens with one attached hydrogen (secondary N) is 2. The SMILES string of the molecule is Cc1cc(NCc2ccccc2C)nc(Nc2ccc(C)c(Br)c2)n1. The molecule has 0 saturated heterocycles. The number of aryl methyl sites for hydroxylation is 3. The van der Waals surface area contributed by atoms with Crippen LogP contribution in [0.3, 0.4) is 0 Å². The van der Waals surface area contributed by atoms with E-state index in [9.17, 15) is 0 Å². The molecule has 0 aliphatic heterocycles. The third-order valence-electron chi connectivity index (χ3n) is 4.00. The molecule has 0 bridgehead atoms. The molecule has 0 aliphatic carbocycles. The Kier molecular flexibility index (Phi) is 5.34. The number of anilines is 3. The van der Waals surface area contributed by atoms with E-state index in [4.69, 9.17) is 0 Å². The third kappa shape index (κ3) is 4.57. The minimum absolute atomic E-state index is 0.586. The predicted octanol–water partition coefficient (Wildman–Crippen LogP) is 5.52. The summed E-state index contributed by atoms with van der Waals surface area (Å²) in [5.74, 6) is 1.40. The number of aromatic nitrogens is 2. The molecule has 1 heterocycles. The number of benzene rings is 2. The first-order chi connectivity index (χ1) is 12.0. The molecule has 3 aromatic rings. The second-order valence-corrected chi connectivity index (χ2v) is 6.94. The molecule has 5 heteroatoms. The lowest BCUT2D eigenvalue weighted by molar-refractivity contribution is 1.05. The molecule has 2 N–H and O–H groups in total. The van der Waals surface area contributed by atoms with Crippen molar-refractivity contribution in [2.75, 3.05) is 10.6 Å². The van der Waals surface area contributed by atoms with Crippen molar-refractivity contribution in [2.24, 2.45) is 0 Å². The van der Waals surface area contributed by atoms with Crippen LogP contribution in [0, 0.1) is 20.8 Å². The fraction of sp³-hybridized carbons (Fsp3) is 0.200. The largest absolute Gasteiger partial charge is 0.366 e. The molecule has 1 aromatic heterocycles. The average molecular weight is 397 g/mol. The number of hydrogen-bond donors (Lipinski definition) is 2. The molecule has 0 fully saturated rings. The van der Waals surface area contributed by atoms with Gasteiger partial charge in [0, 0.05) is 28.5 Å². The lowest BCUT2D eigenvalue weighted by atomic mass is 10.1. The summed E-state index contributed by atoms with van der Waals surface area (Å²) in [6.45, 7) is 6.88. The van der Waals surface area contributed by atoms with Crippen LogP contribution in [0.2, 0.25) is 0 Å². The number of halogens is 1. The van der Waals surface area contributed by atoms with E-state index < -0.39 is 0 Å². The zero-order valence-electron chi connectivity index (χ0n) is 14.6. The Morgan fingerprint density at radius 1 is 0.920 bits per heavy atom. The van der Waals surface area contributed by atoms with Crippen LogP contribution in [0.1, 0.15) is 22.4 Å². The van der Waals surface area contributed by atoms with E-state index in [1.54, 1.807) is 0 Å². The van der Waals surface area contributed by atoms with Crippen molar-refractivity contribution >= 4 is 33.4 Å². The molecule has 3 rings (SSSR count). The standard InChI is InChI=1S/C20H21BrN4/c1-13-6-4-5-7-16(13)12-22-19-10-15(3)23-20(25-19)24-17-9-8-14(2)18(21)11-17/h4-11H,12H2,1-3H3,(H2,22,23,24,25). The Hall–Kier alpha value is -2.40. The quantitative estimate of drug-likeness (QED) is 0.595. The fourth-order valence-corrected chi connectivity index (χ4v) is 2.89. The van der Waals surface area contributed by atoms with E-state index in [0.717, 1.165) is 28.2 Å². The Morgan fingerprint density at radius 3 is 2.48 bits per heavy atom. The van der Waals surface area contributed by atoms with Crippen LogP contribution < -0.4 is 10.6 Å². The summed E-state index contributed by atoms with van der Waals surface area (Å²) in [6, 6.07) is 16.4. The van der Waals surface area contributed by atoms with Crippen LogP contribution in [0.5, 0.6) is 0 Å². The van der Waals surface area contributed by atoms with E-state index in [-0.39, 0.29) is 0 Å². The van der Waals surface area contributed by atoms with Crippen molar-refractivity contribution in [1.82, 2.24) is 9.97 Å². The van der Waals surface area contributed by atoms with Crippen molar-refractivity contribution < 1.29 is 0 Å². The maximum absolute atomic E-state index is 4.58. The lowest BCUT2D eigenvalue weighted by Gasteiger charge is -2.11. The lowest BCUT2D eigenvalue weighted by Crippen LogP contribution is -2.06. The van der Waals surface area contributed by atoms with Crippen molar-refractivity contribution in [2.45, 2.75) is 27.3 Å². The number of hydrogen-bond acceptors (Lipinski definition) is 4. The Morgan fingerprint density at radius 2 is 1.72 bits per heavy atom. The van der Waals surface area contributed by atoms with Gasteiger partial charge in [0.25, 0.3) is 0 Å². The highest BCUT2D eigenvalue weighted by molar-refractivity contribution is 9.10. The summed E-state index contributed by atoms with van der Waals surface area (Å²) >= 11 is 3.55. The fourth-order valence-electron chi connectivity index (χ4n) is 2.51. The van der Waals surface area contributed by atoms with Gasteiger partial charge >= 0.3 is 0 Å². The minimum atomic E-state index is 0.586. The summed E-state index contributed by atoms with van der Waals surface area (Å²) in [4.78, 5) is 9.05. The van der Waals surface area contributed by atoms with E-state index in [1.165, 1.54) is 16.7 Å². The zero-order valence-corrected chi connectivity index (χ0v) is 16.2. The first kappa shape index (κ1) is 17.4. The topological polar surface area (TPSA) is 49.8 Å². The summed E-state index contributed by atoms with van der Waals surface area (Å²) in [6.07, 6.45) is 0. The molecule has 0 aliphatic rings. The normalized spacial score (nSPS) is 10.6. The molecule has 128 valence electrons. The van der Waals surface area contributed by atoms with E-state index in [1.807, 2.05) is 25.1 Å². The molecule has 4 nitrogen and oxygen atoms in total. The van der Waals surface area contributed by atoms with Crippen LogP contribution in [0.15, 0.2) is 53.0 Å². The molecule has 0 amide bonds. The van der Waals surface area contributed by atoms with Gasteiger partial charge < -0.3 is 10.6 Å². The minimum Gasteiger partial charge on any atom is -0.366 e. The van der Waals surface area contributed by atoms with E-state index >= 15 is 0 Å². The number of rotatable bonds is 5. The van der Waals surface area contributed by atoms with Gasteiger partial charge in [-0.3, -0.25) is 0 Å². The molecule has 0 spiro atoms. The smallest absolute Gasteiger partial charge is 0.229 e. The Bertz CT molecular complexity index is 893. The molecule has 2 aromatic carbocycles. The van der Waals surface area contributed by atoms with Gasteiger partial charge in [-0.25, -0.2) is 4.98 Å². The van der Waals surface area contributed by atoms with Crippen LogP contribution in [0.25, 0.3) is 0 Å². The molecule has 0 atom stereocenters. The maximum Gasteiger partial charge on any atom is 0.229 e. The van der Waals surface area contributed by atoms with E-state index in [2.05, 4.69) is 80.7 Å². The van der Waals surface area contributed by atoms with Gasteiger partial charge in [0.1, 0.15) is 5.82 Å². The molecular formula is C20H21BrN4. The maximum atomic E-state index is 4.58.